The van der Waals surface area contributed by atoms with E-state index in [0.29, 0.717) is 11.5 Å². The molecule has 0 bridgehead atoms. The molecule has 0 aliphatic rings. The summed E-state index contributed by atoms with van der Waals surface area (Å²) in [5.41, 5.74) is 5.85. The van der Waals surface area contributed by atoms with E-state index in [1.54, 1.807) is 17.1 Å². The Morgan fingerprint density at radius 3 is 3.00 bits per heavy atom. The molecule has 0 radical (unpaired) electrons. The number of benzene rings is 1. The number of hydrogen-bond acceptors (Lipinski definition) is 3. The molecule has 96 valence electrons. The van der Waals surface area contributed by atoms with Crippen LogP contribution in [0.4, 0.5) is 10.1 Å². The van der Waals surface area contributed by atoms with Crippen molar-refractivity contribution in [2.24, 2.45) is 0 Å². The number of rotatable bonds is 4. The first-order valence-corrected chi connectivity index (χ1v) is 5.92. The summed E-state index contributed by atoms with van der Waals surface area (Å²) in [4.78, 5) is 0. The van der Waals surface area contributed by atoms with Gasteiger partial charge in [-0.05, 0) is 6.42 Å². The highest BCUT2D eigenvalue weighted by Crippen LogP contribution is 2.31. The molecule has 1 aromatic carbocycles. The number of nitrogens with zero attached hydrogens (tertiary/aromatic N) is 2. The highest BCUT2D eigenvalue weighted by atomic mass is 35.5. The topological polar surface area (TPSA) is 53.1 Å². The van der Waals surface area contributed by atoms with E-state index in [2.05, 4.69) is 12.0 Å². The Hall–Kier alpha value is -1.75. The zero-order valence-electron chi connectivity index (χ0n) is 9.86. The standard InChI is InChI=1S/C12H13ClFN3O/c1-2-3-17-7-8(6-16-17)18-12-4-9(13)10(14)5-11(12)15/h4-7H,2-3,15H2,1H3. The van der Waals surface area contributed by atoms with Gasteiger partial charge in [-0.25, -0.2) is 4.39 Å². The second-order valence-corrected chi connectivity index (χ2v) is 4.25. The summed E-state index contributed by atoms with van der Waals surface area (Å²) in [5, 5.41) is 4.09. The lowest BCUT2D eigenvalue weighted by atomic mass is 10.3. The van der Waals surface area contributed by atoms with Gasteiger partial charge in [0.2, 0.25) is 0 Å². The van der Waals surface area contributed by atoms with Crippen LogP contribution in [0.3, 0.4) is 0 Å². The van der Waals surface area contributed by atoms with Crippen molar-refractivity contribution in [3.05, 3.63) is 35.4 Å². The Morgan fingerprint density at radius 1 is 1.50 bits per heavy atom. The van der Waals surface area contributed by atoms with Gasteiger partial charge in [-0.3, -0.25) is 4.68 Å². The molecule has 0 saturated carbocycles. The molecule has 0 aliphatic carbocycles. The number of halogens is 2. The zero-order chi connectivity index (χ0) is 13.1. The Labute approximate surface area is 109 Å². The molecule has 2 N–H and O–H groups in total. The second-order valence-electron chi connectivity index (χ2n) is 3.85. The SMILES string of the molecule is CCCn1cc(Oc2cc(Cl)c(F)cc2N)cn1. The third kappa shape index (κ3) is 2.73. The van der Waals surface area contributed by atoms with Crippen molar-refractivity contribution in [1.82, 2.24) is 9.78 Å². The van der Waals surface area contributed by atoms with Crippen molar-refractivity contribution in [2.45, 2.75) is 19.9 Å². The molecular formula is C12H13ClFN3O. The normalized spacial score (nSPS) is 10.6. The summed E-state index contributed by atoms with van der Waals surface area (Å²) in [6, 6.07) is 2.48. The van der Waals surface area contributed by atoms with Crippen molar-refractivity contribution in [2.75, 3.05) is 5.73 Å². The van der Waals surface area contributed by atoms with Crippen LogP contribution in [-0.4, -0.2) is 9.78 Å². The van der Waals surface area contributed by atoms with E-state index < -0.39 is 5.82 Å². The van der Waals surface area contributed by atoms with Gasteiger partial charge in [0.1, 0.15) is 5.82 Å². The quantitative estimate of drug-likeness (QED) is 0.865. The fourth-order valence-corrected chi connectivity index (χ4v) is 1.66. The maximum absolute atomic E-state index is 13.1. The van der Waals surface area contributed by atoms with Crippen molar-refractivity contribution >= 4 is 17.3 Å². The Morgan fingerprint density at radius 2 is 2.28 bits per heavy atom. The first-order valence-electron chi connectivity index (χ1n) is 5.55. The molecule has 0 aliphatic heterocycles. The number of nitrogens with two attached hydrogens (primary N) is 1. The minimum atomic E-state index is -0.566. The lowest BCUT2D eigenvalue weighted by Crippen LogP contribution is -1.96. The minimum absolute atomic E-state index is 0.0276. The van der Waals surface area contributed by atoms with Gasteiger partial charge in [-0.15, -0.1) is 0 Å². The van der Waals surface area contributed by atoms with Gasteiger partial charge in [0.15, 0.2) is 11.5 Å². The molecule has 0 saturated heterocycles. The van der Waals surface area contributed by atoms with Crippen molar-refractivity contribution in [3.8, 4) is 11.5 Å². The van der Waals surface area contributed by atoms with Gasteiger partial charge >= 0.3 is 0 Å². The molecule has 2 rings (SSSR count). The first kappa shape index (κ1) is 12.7. The summed E-state index contributed by atoms with van der Waals surface area (Å²) in [5.74, 6) is 0.290. The molecule has 18 heavy (non-hydrogen) atoms. The van der Waals surface area contributed by atoms with Crippen LogP contribution in [-0.2, 0) is 6.54 Å². The van der Waals surface area contributed by atoms with Crippen LogP contribution >= 0.6 is 11.6 Å². The molecule has 0 fully saturated rings. The van der Waals surface area contributed by atoms with E-state index in [1.807, 2.05) is 0 Å². The Kier molecular flexibility index (Phi) is 3.72. The molecule has 4 nitrogen and oxygen atoms in total. The summed E-state index contributed by atoms with van der Waals surface area (Å²) in [7, 11) is 0. The average Bonchev–Trinajstić information content (AvgIpc) is 2.74. The molecule has 0 atom stereocenters. The summed E-state index contributed by atoms with van der Waals surface area (Å²) < 4.78 is 20.4. The zero-order valence-corrected chi connectivity index (χ0v) is 10.6. The van der Waals surface area contributed by atoms with E-state index in [1.165, 1.54) is 6.07 Å². The monoisotopic (exact) mass is 269 g/mol. The Balaban J connectivity index is 2.20. The maximum atomic E-state index is 13.1. The van der Waals surface area contributed by atoms with Gasteiger partial charge in [0, 0.05) is 18.7 Å². The van der Waals surface area contributed by atoms with Crippen LogP contribution in [0.2, 0.25) is 5.02 Å². The van der Waals surface area contributed by atoms with Gasteiger partial charge in [-0.1, -0.05) is 18.5 Å². The van der Waals surface area contributed by atoms with Gasteiger partial charge in [0.05, 0.1) is 23.1 Å². The number of aryl methyl sites for hydroxylation is 1. The van der Waals surface area contributed by atoms with Crippen molar-refractivity contribution < 1.29 is 9.13 Å². The average molecular weight is 270 g/mol. The summed E-state index contributed by atoms with van der Waals surface area (Å²) in [6.07, 6.45) is 4.30. The van der Waals surface area contributed by atoms with Gasteiger partial charge in [-0.2, -0.15) is 5.10 Å². The number of aromatic nitrogens is 2. The molecule has 0 spiro atoms. The summed E-state index contributed by atoms with van der Waals surface area (Å²) >= 11 is 5.68. The van der Waals surface area contributed by atoms with Crippen LogP contribution in [0.25, 0.3) is 0 Å². The largest absolute Gasteiger partial charge is 0.452 e. The van der Waals surface area contributed by atoms with Crippen LogP contribution in [0.5, 0.6) is 11.5 Å². The summed E-state index contributed by atoms with van der Waals surface area (Å²) in [6.45, 7) is 2.86. The predicted octanol–water partition coefficient (Wildman–Crippen LogP) is 3.46. The highest BCUT2D eigenvalue weighted by Gasteiger charge is 2.09. The van der Waals surface area contributed by atoms with Crippen LogP contribution < -0.4 is 10.5 Å². The third-order valence-electron chi connectivity index (χ3n) is 2.34. The molecule has 6 heteroatoms. The smallest absolute Gasteiger partial charge is 0.165 e. The van der Waals surface area contributed by atoms with E-state index >= 15 is 0 Å². The van der Waals surface area contributed by atoms with Crippen LogP contribution in [0.1, 0.15) is 13.3 Å². The van der Waals surface area contributed by atoms with Gasteiger partial charge < -0.3 is 10.5 Å². The molecule has 2 aromatic rings. The van der Waals surface area contributed by atoms with Crippen molar-refractivity contribution in [1.29, 1.82) is 0 Å². The Bertz CT molecular complexity index is 556. The van der Waals surface area contributed by atoms with Gasteiger partial charge in [0.25, 0.3) is 0 Å². The number of hydrogen-bond donors (Lipinski definition) is 1. The second kappa shape index (κ2) is 5.27. The number of nitrogen functional groups attached to an aromatic ring is 1. The minimum Gasteiger partial charge on any atom is -0.452 e. The van der Waals surface area contributed by atoms with E-state index in [0.717, 1.165) is 19.0 Å². The third-order valence-corrected chi connectivity index (χ3v) is 2.63. The van der Waals surface area contributed by atoms with Crippen molar-refractivity contribution in [3.63, 3.8) is 0 Å². The van der Waals surface area contributed by atoms with Crippen LogP contribution in [0.15, 0.2) is 24.5 Å². The van der Waals surface area contributed by atoms with E-state index in [-0.39, 0.29) is 10.7 Å². The lowest BCUT2D eigenvalue weighted by Gasteiger charge is -2.07. The first-order chi connectivity index (χ1) is 8.60. The number of ether oxygens (including phenoxy) is 1. The van der Waals surface area contributed by atoms with Crippen LogP contribution in [0, 0.1) is 5.82 Å². The molecule has 0 amide bonds. The molecule has 1 heterocycles. The fourth-order valence-electron chi connectivity index (χ4n) is 1.51. The highest BCUT2D eigenvalue weighted by molar-refractivity contribution is 6.31. The molecular weight excluding hydrogens is 257 g/mol. The molecule has 0 unspecified atom stereocenters. The maximum Gasteiger partial charge on any atom is 0.165 e. The fraction of sp³-hybridized carbons (Fsp3) is 0.250. The lowest BCUT2D eigenvalue weighted by molar-refractivity contribution is 0.481. The van der Waals surface area contributed by atoms with E-state index in [4.69, 9.17) is 22.1 Å². The predicted molar refractivity (Wildman–Crippen MR) is 68.4 cm³/mol. The van der Waals surface area contributed by atoms with E-state index in [9.17, 15) is 4.39 Å². The number of anilines is 1. The molecule has 1 aromatic heterocycles.